The van der Waals surface area contributed by atoms with Gasteiger partial charge in [0.2, 0.25) is 9.04 Å². The first kappa shape index (κ1) is 21.2. The molecule has 4 unspecified atom stereocenters. The molecule has 0 bridgehead atoms. The molecular weight excluding hydrogens is 412 g/mol. The molecule has 0 N–H and O–H groups in total. The first-order valence-electron chi connectivity index (χ1n) is 10.4. The van der Waals surface area contributed by atoms with Crippen molar-refractivity contribution in [3.05, 3.63) is 72.8 Å². The Hall–Kier alpha value is -2.02. The maximum absolute atomic E-state index is 13.6. The molecule has 1 aliphatic heterocycles. The summed E-state index contributed by atoms with van der Waals surface area (Å²) in [5.74, 6) is -0.483. The van der Waals surface area contributed by atoms with Crippen LogP contribution < -0.4 is 10.4 Å². The third kappa shape index (κ3) is 3.84. The number of carbonyl (C=O) groups excluding carboxylic acids is 1. The van der Waals surface area contributed by atoms with Crippen LogP contribution in [0.1, 0.15) is 27.2 Å². The van der Waals surface area contributed by atoms with Crippen LogP contribution in [-0.2, 0) is 19.1 Å². The van der Waals surface area contributed by atoms with Crippen LogP contribution in [0.15, 0.2) is 72.8 Å². The van der Waals surface area contributed by atoms with Crippen LogP contribution in [0.4, 0.5) is 0 Å². The van der Waals surface area contributed by atoms with E-state index < -0.39 is 29.6 Å². The molecule has 2 aromatic carbocycles. The molecule has 158 valence electrons. The van der Waals surface area contributed by atoms with Crippen LogP contribution >= 0.6 is 0 Å². The number of allylic oxidation sites excluding steroid dienone is 1. The van der Waals surface area contributed by atoms with Crippen molar-refractivity contribution in [3.8, 4) is 0 Å². The van der Waals surface area contributed by atoms with Gasteiger partial charge in [0.25, 0.3) is 0 Å². The molecule has 1 saturated heterocycles. The zero-order chi connectivity index (χ0) is 21.5. The monoisotopic (exact) mass is 440 g/mol. The second-order valence-electron chi connectivity index (χ2n) is 9.34. The fourth-order valence-electron chi connectivity index (χ4n) is 4.96. The van der Waals surface area contributed by atoms with Gasteiger partial charge >= 0.3 is 0 Å². The Labute approximate surface area is 180 Å². The van der Waals surface area contributed by atoms with Gasteiger partial charge in [-0.05, 0) is 27.8 Å². The van der Waals surface area contributed by atoms with Crippen LogP contribution in [0, 0.1) is 17.3 Å². The number of sulfone groups is 1. The average Bonchev–Trinajstić information content (AvgIpc) is 2.93. The lowest BCUT2D eigenvalue weighted by molar-refractivity contribution is -0.116. The molecule has 2 aromatic rings. The summed E-state index contributed by atoms with van der Waals surface area (Å²) in [6.07, 6.45) is 3.30. The highest BCUT2D eigenvalue weighted by atomic mass is 32.2. The minimum absolute atomic E-state index is 0.00117. The highest BCUT2D eigenvalue weighted by Gasteiger charge is 2.59. The van der Waals surface area contributed by atoms with Gasteiger partial charge in [0.05, 0.1) is 5.25 Å². The normalized spacial score (nSPS) is 27.9. The first-order chi connectivity index (χ1) is 14.2. The molecule has 4 atom stereocenters. The highest BCUT2D eigenvalue weighted by molar-refractivity contribution is 7.93. The van der Waals surface area contributed by atoms with Gasteiger partial charge in [-0.2, -0.15) is 0 Å². The van der Waals surface area contributed by atoms with E-state index in [0.717, 1.165) is 10.4 Å². The minimum atomic E-state index is -3.58. The van der Waals surface area contributed by atoms with Gasteiger partial charge in [-0.3, -0.25) is 4.79 Å². The van der Waals surface area contributed by atoms with Crippen molar-refractivity contribution in [1.29, 1.82) is 0 Å². The molecule has 1 heterocycles. The molecule has 0 amide bonds. The van der Waals surface area contributed by atoms with E-state index in [1.165, 1.54) is 6.08 Å². The average molecular weight is 441 g/mol. The zero-order valence-corrected chi connectivity index (χ0v) is 19.5. The van der Waals surface area contributed by atoms with Crippen LogP contribution in [0.3, 0.4) is 0 Å². The lowest BCUT2D eigenvalue weighted by Crippen LogP contribution is -2.50. The van der Waals surface area contributed by atoms with E-state index in [1.54, 1.807) is 6.08 Å². The molecule has 1 aliphatic carbocycles. The number of hydrogen-bond acceptors (Lipinski definition) is 4. The number of hydrogen-bond donors (Lipinski definition) is 0. The van der Waals surface area contributed by atoms with Crippen molar-refractivity contribution in [3.63, 3.8) is 0 Å². The smallest absolute Gasteiger partial charge is 0.241 e. The number of rotatable bonds is 4. The summed E-state index contributed by atoms with van der Waals surface area (Å²) in [6, 6.07) is 19.9. The summed E-state index contributed by atoms with van der Waals surface area (Å²) in [7, 11) is -5.84. The number of benzene rings is 2. The standard InChI is InChI=1S/C24H28O4SSi/c1-24(2,3)22-20-16-17(25)14-15-21(20)29(26,27)23(22)28-30(18-10-6-4-7-11-18)19-12-8-5-9-13-19/h4-15,20-23,30H,16H2,1-3H3. The Balaban J connectivity index is 1.80. The maximum atomic E-state index is 13.6. The summed E-state index contributed by atoms with van der Waals surface area (Å²) >= 11 is 0. The molecule has 0 radical (unpaired) electrons. The molecule has 0 aromatic heterocycles. The van der Waals surface area contributed by atoms with E-state index in [9.17, 15) is 13.2 Å². The third-order valence-corrected chi connectivity index (χ3v) is 11.3. The first-order valence-corrected chi connectivity index (χ1v) is 13.6. The number of fused-ring (bicyclic) bond motifs is 1. The van der Waals surface area contributed by atoms with Crippen molar-refractivity contribution in [2.24, 2.45) is 17.3 Å². The Bertz CT molecular complexity index is 1000. The molecule has 6 heteroatoms. The Morgan fingerprint density at radius 3 is 1.97 bits per heavy atom. The third-order valence-electron chi connectivity index (χ3n) is 6.26. The van der Waals surface area contributed by atoms with Crippen molar-refractivity contribution < 1.29 is 17.6 Å². The second-order valence-corrected chi connectivity index (χ2v) is 13.9. The van der Waals surface area contributed by atoms with E-state index in [1.807, 2.05) is 60.7 Å². The Kier molecular flexibility index (Phi) is 5.59. The van der Waals surface area contributed by atoms with Gasteiger partial charge in [-0.25, -0.2) is 8.42 Å². The molecule has 2 aliphatic rings. The summed E-state index contributed by atoms with van der Waals surface area (Å²) in [4.78, 5) is 12.1. The topological polar surface area (TPSA) is 60.4 Å². The second kappa shape index (κ2) is 7.91. The van der Waals surface area contributed by atoms with Gasteiger partial charge in [0.15, 0.2) is 21.1 Å². The molecule has 4 nitrogen and oxygen atoms in total. The van der Waals surface area contributed by atoms with Crippen molar-refractivity contribution in [2.75, 3.05) is 0 Å². The maximum Gasteiger partial charge on any atom is 0.241 e. The lowest BCUT2D eigenvalue weighted by atomic mass is 9.70. The zero-order valence-electron chi connectivity index (χ0n) is 17.6. The van der Waals surface area contributed by atoms with Gasteiger partial charge in [-0.1, -0.05) is 87.5 Å². The van der Waals surface area contributed by atoms with E-state index in [0.29, 0.717) is 0 Å². The highest BCUT2D eigenvalue weighted by Crippen LogP contribution is 2.50. The minimum Gasteiger partial charge on any atom is -0.394 e. The molecule has 0 spiro atoms. The summed E-state index contributed by atoms with van der Waals surface area (Å²) < 4.78 is 33.9. The van der Waals surface area contributed by atoms with Crippen LogP contribution in [-0.4, -0.2) is 33.9 Å². The lowest BCUT2D eigenvalue weighted by Gasteiger charge is -2.37. The van der Waals surface area contributed by atoms with Crippen molar-refractivity contribution in [1.82, 2.24) is 0 Å². The van der Waals surface area contributed by atoms with E-state index in [4.69, 9.17) is 4.43 Å². The van der Waals surface area contributed by atoms with Gasteiger partial charge in [-0.15, -0.1) is 0 Å². The van der Waals surface area contributed by atoms with Gasteiger partial charge < -0.3 is 4.43 Å². The summed E-state index contributed by atoms with van der Waals surface area (Å²) in [5, 5.41) is 1.45. The quantitative estimate of drug-likeness (QED) is 0.686. The largest absolute Gasteiger partial charge is 0.394 e. The fourth-order valence-corrected chi connectivity index (χ4v) is 10.6. The predicted octanol–water partition coefficient (Wildman–Crippen LogP) is 2.47. The Morgan fingerprint density at radius 1 is 0.933 bits per heavy atom. The molecule has 30 heavy (non-hydrogen) atoms. The van der Waals surface area contributed by atoms with Crippen LogP contribution in [0.25, 0.3) is 0 Å². The van der Waals surface area contributed by atoms with Crippen molar-refractivity contribution >= 4 is 35.0 Å². The number of ketones is 1. The number of carbonyl (C=O) groups is 1. The molecule has 4 rings (SSSR count). The van der Waals surface area contributed by atoms with E-state index >= 15 is 0 Å². The fraction of sp³-hybridized carbons (Fsp3) is 0.375. The summed E-state index contributed by atoms with van der Waals surface area (Å²) in [5.41, 5.74) is -1.23. The van der Waals surface area contributed by atoms with Gasteiger partial charge in [0.1, 0.15) is 0 Å². The van der Waals surface area contributed by atoms with Crippen LogP contribution in [0.5, 0.6) is 0 Å². The molecule has 1 fully saturated rings. The summed E-state index contributed by atoms with van der Waals surface area (Å²) in [6.45, 7) is 6.16. The SMILES string of the molecule is CC(C)(C)C1C2CC(=O)C=CC2S(=O)(=O)C1O[SiH](c1ccccc1)c1ccccc1. The van der Waals surface area contributed by atoms with Crippen LogP contribution in [0.2, 0.25) is 0 Å². The molecular formula is C24H28O4SSi. The van der Waals surface area contributed by atoms with Gasteiger partial charge in [0, 0.05) is 12.3 Å². The predicted molar refractivity (Wildman–Crippen MR) is 122 cm³/mol. The molecule has 0 saturated carbocycles. The van der Waals surface area contributed by atoms with Crippen molar-refractivity contribution in [2.45, 2.75) is 37.9 Å². The van der Waals surface area contributed by atoms with E-state index in [-0.39, 0.29) is 29.5 Å². The Morgan fingerprint density at radius 2 is 1.47 bits per heavy atom. The van der Waals surface area contributed by atoms with E-state index in [2.05, 4.69) is 20.8 Å².